The molecule has 1 aliphatic rings. The maximum absolute atomic E-state index is 6.02. The molecule has 1 aliphatic heterocycles. The summed E-state index contributed by atoms with van der Waals surface area (Å²) >= 11 is 0. The minimum Gasteiger partial charge on any atom is -0.493 e. The lowest BCUT2D eigenvalue weighted by Gasteiger charge is -2.24. The van der Waals surface area contributed by atoms with Crippen LogP contribution in [0.15, 0.2) is 48.5 Å². The zero-order valence-corrected chi connectivity index (χ0v) is 11.0. The van der Waals surface area contributed by atoms with Crippen molar-refractivity contribution < 1.29 is 4.74 Å². The van der Waals surface area contributed by atoms with E-state index in [9.17, 15) is 0 Å². The van der Waals surface area contributed by atoms with Gasteiger partial charge in [0.05, 0.1) is 18.0 Å². The molecule has 0 radical (unpaired) electrons. The van der Waals surface area contributed by atoms with Crippen molar-refractivity contribution >= 4 is 11.4 Å². The van der Waals surface area contributed by atoms with Crippen LogP contribution in [0.2, 0.25) is 0 Å². The van der Waals surface area contributed by atoms with Crippen LogP contribution in [0, 0.1) is 0 Å². The molecule has 1 unspecified atom stereocenters. The Morgan fingerprint density at radius 2 is 1.89 bits per heavy atom. The van der Waals surface area contributed by atoms with Gasteiger partial charge in [-0.05, 0) is 18.2 Å². The monoisotopic (exact) mass is 254 g/mol. The second-order valence-corrected chi connectivity index (χ2v) is 4.99. The number of rotatable bonds is 3. The lowest BCUT2D eigenvalue weighted by Crippen LogP contribution is -2.25. The third-order valence-electron chi connectivity index (χ3n) is 3.64. The van der Waals surface area contributed by atoms with E-state index in [1.165, 1.54) is 5.56 Å². The van der Waals surface area contributed by atoms with Gasteiger partial charge in [0.1, 0.15) is 5.75 Å². The van der Waals surface area contributed by atoms with Crippen molar-refractivity contribution in [2.24, 2.45) is 0 Å². The second-order valence-electron chi connectivity index (χ2n) is 4.99. The van der Waals surface area contributed by atoms with Crippen LogP contribution in [0.5, 0.6) is 5.75 Å². The van der Waals surface area contributed by atoms with Crippen LogP contribution in [0.1, 0.15) is 11.5 Å². The third kappa shape index (κ3) is 2.24. The molecule has 0 saturated heterocycles. The summed E-state index contributed by atoms with van der Waals surface area (Å²) in [7, 11) is 2.08. The first-order valence-corrected chi connectivity index (χ1v) is 6.53. The van der Waals surface area contributed by atoms with Crippen molar-refractivity contribution in [2.75, 3.05) is 30.8 Å². The number of nitrogens with two attached hydrogens (primary N) is 1. The number of nitrogen functional groups attached to an aromatic ring is 1. The molecule has 0 fully saturated rings. The highest BCUT2D eigenvalue weighted by Crippen LogP contribution is 2.35. The molecular formula is C16H18N2O. The van der Waals surface area contributed by atoms with E-state index in [4.69, 9.17) is 10.5 Å². The zero-order valence-electron chi connectivity index (χ0n) is 11.0. The lowest BCUT2D eigenvalue weighted by molar-refractivity contribution is 0.332. The molecule has 1 atom stereocenters. The normalized spacial score (nSPS) is 16.8. The third-order valence-corrected chi connectivity index (χ3v) is 3.64. The Hall–Kier alpha value is -2.16. The highest BCUT2D eigenvalue weighted by Gasteiger charge is 2.25. The molecule has 1 heterocycles. The van der Waals surface area contributed by atoms with Crippen molar-refractivity contribution in [3.63, 3.8) is 0 Å². The van der Waals surface area contributed by atoms with Gasteiger partial charge in [-0.25, -0.2) is 0 Å². The van der Waals surface area contributed by atoms with E-state index < -0.39 is 0 Å². The maximum atomic E-state index is 6.02. The molecule has 2 N–H and O–H groups in total. The fourth-order valence-corrected chi connectivity index (χ4v) is 2.64. The number of hydrogen-bond acceptors (Lipinski definition) is 3. The molecule has 3 nitrogen and oxygen atoms in total. The first kappa shape index (κ1) is 11.9. The molecule has 19 heavy (non-hydrogen) atoms. The van der Waals surface area contributed by atoms with E-state index in [1.54, 1.807) is 0 Å². The van der Waals surface area contributed by atoms with Crippen LogP contribution < -0.4 is 15.4 Å². The Labute approximate surface area is 113 Å². The summed E-state index contributed by atoms with van der Waals surface area (Å²) in [5.74, 6) is 1.42. The van der Waals surface area contributed by atoms with Crippen molar-refractivity contribution in [3.8, 4) is 5.75 Å². The minimum atomic E-state index is 0.404. The predicted octanol–water partition coefficient (Wildman–Crippen LogP) is 2.88. The summed E-state index contributed by atoms with van der Waals surface area (Å²) in [5.41, 5.74) is 9.21. The molecule has 0 saturated carbocycles. The number of para-hydroxylation sites is 3. The van der Waals surface area contributed by atoms with Gasteiger partial charge >= 0.3 is 0 Å². The van der Waals surface area contributed by atoms with Crippen LogP contribution in [0.25, 0.3) is 0 Å². The number of ether oxygens (including phenoxy) is 1. The van der Waals surface area contributed by atoms with Gasteiger partial charge in [0, 0.05) is 25.1 Å². The Balaban J connectivity index is 1.78. The van der Waals surface area contributed by atoms with Crippen LogP contribution in [-0.2, 0) is 0 Å². The van der Waals surface area contributed by atoms with Gasteiger partial charge in [-0.2, -0.15) is 0 Å². The Morgan fingerprint density at radius 3 is 2.74 bits per heavy atom. The van der Waals surface area contributed by atoms with Crippen LogP contribution in [0.4, 0.5) is 11.4 Å². The number of likely N-dealkylation sites (N-methyl/N-ethyl adjacent to an activating group) is 1. The van der Waals surface area contributed by atoms with E-state index in [1.807, 2.05) is 30.3 Å². The average molecular weight is 254 g/mol. The molecule has 0 aromatic heterocycles. The molecule has 2 aromatic rings. The number of nitrogens with zero attached hydrogens (tertiary/aromatic N) is 1. The zero-order chi connectivity index (χ0) is 13.2. The SMILES string of the molecule is CN(CC1COc2ccccc21)c1ccccc1N. The second kappa shape index (κ2) is 4.84. The highest BCUT2D eigenvalue weighted by atomic mass is 16.5. The first-order valence-electron chi connectivity index (χ1n) is 6.53. The van der Waals surface area contributed by atoms with Gasteiger partial charge in [-0.3, -0.25) is 0 Å². The van der Waals surface area contributed by atoms with Crippen molar-refractivity contribution in [2.45, 2.75) is 5.92 Å². The Bertz CT molecular complexity index is 582. The largest absolute Gasteiger partial charge is 0.493 e. The van der Waals surface area contributed by atoms with Gasteiger partial charge in [-0.1, -0.05) is 30.3 Å². The Morgan fingerprint density at radius 1 is 1.16 bits per heavy atom. The molecule has 0 bridgehead atoms. The quantitative estimate of drug-likeness (QED) is 0.856. The topological polar surface area (TPSA) is 38.5 Å². The standard InChI is InChI=1S/C16H18N2O/c1-18(15-8-4-3-7-14(15)17)10-12-11-19-16-9-5-2-6-13(12)16/h2-9,12H,10-11,17H2,1H3. The van der Waals surface area contributed by atoms with Gasteiger partial charge in [0.25, 0.3) is 0 Å². The van der Waals surface area contributed by atoms with Gasteiger partial charge in [0.2, 0.25) is 0 Å². The number of fused-ring (bicyclic) bond motifs is 1. The summed E-state index contributed by atoms with van der Waals surface area (Å²) in [6.45, 7) is 1.65. The predicted molar refractivity (Wildman–Crippen MR) is 78.8 cm³/mol. The minimum absolute atomic E-state index is 0.404. The molecule has 0 amide bonds. The molecule has 0 aliphatic carbocycles. The van der Waals surface area contributed by atoms with E-state index in [-0.39, 0.29) is 0 Å². The molecule has 98 valence electrons. The summed E-state index contributed by atoms with van der Waals surface area (Å²) < 4.78 is 5.72. The van der Waals surface area contributed by atoms with Gasteiger partial charge < -0.3 is 15.4 Å². The fraction of sp³-hybridized carbons (Fsp3) is 0.250. The van der Waals surface area contributed by atoms with Crippen LogP contribution >= 0.6 is 0 Å². The summed E-state index contributed by atoms with van der Waals surface area (Å²) in [6, 6.07) is 16.2. The van der Waals surface area contributed by atoms with Gasteiger partial charge in [-0.15, -0.1) is 0 Å². The summed E-state index contributed by atoms with van der Waals surface area (Å²) in [5, 5.41) is 0. The lowest BCUT2D eigenvalue weighted by atomic mass is 10.0. The highest BCUT2D eigenvalue weighted by molar-refractivity contribution is 5.67. The number of benzene rings is 2. The van der Waals surface area contributed by atoms with Crippen molar-refractivity contribution in [1.29, 1.82) is 0 Å². The number of anilines is 2. The first-order chi connectivity index (χ1) is 9.25. The van der Waals surface area contributed by atoms with Crippen LogP contribution in [0.3, 0.4) is 0 Å². The Kier molecular flexibility index (Phi) is 3.03. The summed E-state index contributed by atoms with van der Waals surface area (Å²) in [6.07, 6.45) is 0. The van der Waals surface area contributed by atoms with E-state index in [0.29, 0.717) is 5.92 Å². The fourth-order valence-electron chi connectivity index (χ4n) is 2.64. The molecule has 3 heteroatoms. The van der Waals surface area contributed by atoms with Crippen LogP contribution in [-0.4, -0.2) is 20.2 Å². The smallest absolute Gasteiger partial charge is 0.122 e. The molecule has 3 rings (SSSR count). The van der Waals surface area contributed by atoms with Crippen molar-refractivity contribution in [3.05, 3.63) is 54.1 Å². The van der Waals surface area contributed by atoms with Crippen molar-refractivity contribution in [1.82, 2.24) is 0 Å². The summed E-state index contributed by atoms with van der Waals surface area (Å²) in [4.78, 5) is 2.20. The van der Waals surface area contributed by atoms with E-state index >= 15 is 0 Å². The van der Waals surface area contributed by atoms with E-state index in [2.05, 4.69) is 30.1 Å². The number of hydrogen-bond donors (Lipinski definition) is 1. The average Bonchev–Trinajstić information content (AvgIpc) is 2.83. The maximum Gasteiger partial charge on any atom is 0.122 e. The van der Waals surface area contributed by atoms with E-state index in [0.717, 1.165) is 30.3 Å². The molecule has 2 aromatic carbocycles. The molecule has 0 spiro atoms. The van der Waals surface area contributed by atoms with Gasteiger partial charge in [0.15, 0.2) is 0 Å². The molecular weight excluding hydrogens is 236 g/mol.